The molecule has 0 bridgehead atoms. The van der Waals surface area contributed by atoms with Crippen LogP contribution in [0.4, 0.5) is 10.8 Å². The lowest BCUT2D eigenvalue weighted by atomic mass is 10.1. The summed E-state index contributed by atoms with van der Waals surface area (Å²) in [5.41, 5.74) is 1.59. The molecule has 1 fully saturated rings. The Bertz CT molecular complexity index is 643. The number of nitrogens with one attached hydrogen (secondary N) is 1. The van der Waals surface area contributed by atoms with E-state index in [0.717, 1.165) is 30.3 Å². The summed E-state index contributed by atoms with van der Waals surface area (Å²) in [6.45, 7) is 1.99. The maximum absolute atomic E-state index is 12.7. The van der Waals surface area contributed by atoms with Crippen molar-refractivity contribution in [3.8, 4) is 0 Å². The van der Waals surface area contributed by atoms with Crippen LogP contribution in [0.5, 0.6) is 0 Å². The number of benzene rings is 1. The smallest absolute Gasteiger partial charge is 0.253 e. The number of carbonyl (C=O) groups excluding carboxylic acids is 1. The highest BCUT2D eigenvalue weighted by atomic mass is 32.1. The monoisotopic (exact) mass is 316 g/mol. The summed E-state index contributed by atoms with van der Waals surface area (Å²) in [6.07, 6.45) is 2.79. The van der Waals surface area contributed by atoms with E-state index in [4.69, 9.17) is 0 Å². The molecule has 2 aromatic rings. The molecule has 0 aliphatic carbocycles. The lowest BCUT2D eigenvalue weighted by Crippen LogP contribution is -2.38. The van der Waals surface area contributed by atoms with E-state index in [2.05, 4.69) is 22.2 Å². The molecule has 1 unspecified atom stereocenters. The molecular weight excluding hydrogens is 296 g/mol. The van der Waals surface area contributed by atoms with Crippen molar-refractivity contribution >= 4 is 28.1 Å². The van der Waals surface area contributed by atoms with E-state index < -0.39 is 0 Å². The van der Waals surface area contributed by atoms with E-state index in [-0.39, 0.29) is 5.91 Å². The molecular formula is C16H20N4OS. The standard InChI is InChI=1S/C16H20N4OS/c1-19-8-6-14(11-19)20(2)15(21)12-4-3-5-13(10-12)18-16-17-7-9-22-16/h3-5,7,9-10,14H,6,8,11H2,1-2H3,(H,17,18). The first kappa shape index (κ1) is 15.0. The lowest BCUT2D eigenvalue weighted by Gasteiger charge is -2.24. The Morgan fingerprint density at radius 1 is 1.50 bits per heavy atom. The van der Waals surface area contributed by atoms with Gasteiger partial charge in [0.15, 0.2) is 5.13 Å². The highest BCUT2D eigenvalue weighted by molar-refractivity contribution is 7.13. The van der Waals surface area contributed by atoms with Crippen LogP contribution in [0, 0.1) is 0 Å². The molecule has 6 heteroatoms. The second kappa shape index (κ2) is 6.46. The van der Waals surface area contributed by atoms with Gasteiger partial charge in [-0.1, -0.05) is 6.07 Å². The van der Waals surface area contributed by atoms with Crippen molar-refractivity contribution in [1.29, 1.82) is 0 Å². The Kier molecular flexibility index (Phi) is 4.40. The van der Waals surface area contributed by atoms with E-state index in [1.54, 1.807) is 6.20 Å². The van der Waals surface area contributed by atoms with Crippen LogP contribution < -0.4 is 5.32 Å². The third kappa shape index (κ3) is 3.28. The van der Waals surface area contributed by atoms with Crippen molar-refractivity contribution in [3.05, 3.63) is 41.4 Å². The molecule has 1 N–H and O–H groups in total. The zero-order chi connectivity index (χ0) is 15.5. The fourth-order valence-corrected chi connectivity index (χ4v) is 3.29. The number of anilines is 2. The highest BCUT2D eigenvalue weighted by Crippen LogP contribution is 2.21. The predicted molar refractivity (Wildman–Crippen MR) is 89.8 cm³/mol. The van der Waals surface area contributed by atoms with Crippen molar-refractivity contribution in [2.45, 2.75) is 12.5 Å². The highest BCUT2D eigenvalue weighted by Gasteiger charge is 2.27. The minimum atomic E-state index is 0.0723. The summed E-state index contributed by atoms with van der Waals surface area (Å²) in [5.74, 6) is 0.0723. The summed E-state index contributed by atoms with van der Waals surface area (Å²) in [5, 5.41) is 5.97. The van der Waals surface area contributed by atoms with Gasteiger partial charge in [-0.2, -0.15) is 0 Å². The van der Waals surface area contributed by atoms with Gasteiger partial charge in [-0.15, -0.1) is 11.3 Å². The molecule has 0 radical (unpaired) electrons. The number of rotatable bonds is 4. The van der Waals surface area contributed by atoms with Crippen LogP contribution >= 0.6 is 11.3 Å². The number of aromatic nitrogens is 1. The Morgan fingerprint density at radius 2 is 2.36 bits per heavy atom. The van der Waals surface area contributed by atoms with Gasteiger partial charge in [0, 0.05) is 42.5 Å². The van der Waals surface area contributed by atoms with Gasteiger partial charge in [0.05, 0.1) is 0 Å². The van der Waals surface area contributed by atoms with Gasteiger partial charge in [0.2, 0.25) is 0 Å². The van der Waals surface area contributed by atoms with Gasteiger partial charge in [-0.25, -0.2) is 4.98 Å². The Hall–Kier alpha value is -1.92. The van der Waals surface area contributed by atoms with E-state index in [9.17, 15) is 4.79 Å². The van der Waals surface area contributed by atoms with Crippen molar-refractivity contribution < 1.29 is 4.79 Å². The number of carbonyl (C=O) groups is 1. The number of nitrogens with zero attached hydrogens (tertiary/aromatic N) is 3. The number of hydrogen-bond acceptors (Lipinski definition) is 5. The largest absolute Gasteiger partial charge is 0.337 e. The molecule has 1 saturated heterocycles. The van der Waals surface area contributed by atoms with E-state index in [0.29, 0.717) is 11.6 Å². The molecule has 0 saturated carbocycles. The molecule has 0 spiro atoms. The van der Waals surface area contributed by atoms with Crippen molar-refractivity contribution in [3.63, 3.8) is 0 Å². The normalized spacial score (nSPS) is 18.4. The number of thiazole rings is 1. The first-order valence-electron chi connectivity index (χ1n) is 7.36. The van der Waals surface area contributed by atoms with Gasteiger partial charge < -0.3 is 15.1 Å². The molecule has 1 atom stereocenters. The zero-order valence-electron chi connectivity index (χ0n) is 12.8. The lowest BCUT2D eigenvalue weighted by molar-refractivity contribution is 0.0737. The molecule has 2 heterocycles. The second-order valence-corrected chi connectivity index (χ2v) is 6.56. The Balaban J connectivity index is 1.72. The van der Waals surface area contributed by atoms with Crippen molar-refractivity contribution in [2.24, 2.45) is 0 Å². The maximum Gasteiger partial charge on any atom is 0.253 e. The van der Waals surface area contributed by atoms with Gasteiger partial charge in [0.25, 0.3) is 5.91 Å². The molecule has 5 nitrogen and oxygen atoms in total. The van der Waals surface area contributed by atoms with Crippen LogP contribution in [-0.2, 0) is 0 Å². The first-order chi connectivity index (χ1) is 10.6. The van der Waals surface area contributed by atoms with Crippen LogP contribution in [0.2, 0.25) is 0 Å². The minimum absolute atomic E-state index is 0.0723. The van der Waals surface area contributed by atoms with Gasteiger partial charge >= 0.3 is 0 Å². The Labute approximate surface area is 134 Å². The number of hydrogen-bond donors (Lipinski definition) is 1. The number of likely N-dealkylation sites (N-methyl/N-ethyl adjacent to an activating group) is 2. The third-order valence-electron chi connectivity index (χ3n) is 4.03. The fraction of sp³-hybridized carbons (Fsp3) is 0.375. The SMILES string of the molecule is CN1CCC(N(C)C(=O)c2cccc(Nc3nccs3)c2)C1. The van der Waals surface area contributed by atoms with Crippen LogP contribution in [0.3, 0.4) is 0 Å². The maximum atomic E-state index is 12.7. The Morgan fingerprint density at radius 3 is 3.05 bits per heavy atom. The summed E-state index contributed by atoms with van der Waals surface area (Å²) in [7, 11) is 3.99. The summed E-state index contributed by atoms with van der Waals surface area (Å²) < 4.78 is 0. The third-order valence-corrected chi connectivity index (χ3v) is 4.72. The topological polar surface area (TPSA) is 48.5 Å². The predicted octanol–water partition coefficient (Wildman–Crippen LogP) is 2.66. The molecule has 1 aliphatic heterocycles. The average Bonchev–Trinajstić information content (AvgIpc) is 3.18. The molecule has 1 aliphatic rings. The first-order valence-corrected chi connectivity index (χ1v) is 8.24. The van der Waals surface area contributed by atoms with Crippen LogP contribution in [0.1, 0.15) is 16.8 Å². The average molecular weight is 316 g/mol. The molecule has 1 amide bonds. The molecule has 1 aromatic heterocycles. The molecule has 1 aromatic carbocycles. The second-order valence-electron chi connectivity index (χ2n) is 5.66. The van der Waals surface area contributed by atoms with E-state index in [1.807, 2.05) is 41.6 Å². The molecule has 22 heavy (non-hydrogen) atoms. The summed E-state index contributed by atoms with van der Waals surface area (Å²) >= 11 is 1.54. The van der Waals surface area contributed by atoms with Gasteiger partial charge in [0.1, 0.15) is 0 Å². The molecule has 3 rings (SSSR count). The van der Waals surface area contributed by atoms with Crippen LogP contribution in [0.25, 0.3) is 0 Å². The fourth-order valence-electron chi connectivity index (χ4n) is 2.74. The van der Waals surface area contributed by atoms with Gasteiger partial charge in [-0.05, 0) is 38.2 Å². The quantitative estimate of drug-likeness (QED) is 0.942. The minimum Gasteiger partial charge on any atom is -0.337 e. The summed E-state index contributed by atoms with van der Waals surface area (Å²) in [6, 6.07) is 7.90. The molecule has 116 valence electrons. The van der Waals surface area contributed by atoms with Gasteiger partial charge in [-0.3, -0.25) is 4.79 Å². The van der Waals surface area contributed by atoms with Crippen LogP contribution in [0.15, 0.2) is 35.8 Å². The number of likely N-dealkylation sites (tertiary alicyclic amines) is 1. The van der Waals surface area contributed by atoms with Crippen LogP contribution in [-0.4, -0.2) is 53.9 Å². The van der Waals surface area contributed by atoms with E-state index >= 15 is 0 Å². The van der Waals surface area contributed by atoms with Crippen molar-refractivity contribution in [2.75, 3.05) is 32.5 Å². The van der Waals surface area contributed by atoms with Crippen molar-refractivity contribution in [1.82, 2.24) is 14.8 Å². The zero-order valence-corrected chi connectivity index (χ0v) is 13.6. The summed E-state index contributed by atoms with van der Waals surface area (Å²) in [4.78, 5) is 21.0. The number of amides is 1. The van der Waals surface area contributed by atoms with E-state index in [1.165, 1.54) is 11.3 Å².